The number of para-hydroxylation sites is 1. The van der Waals surface area contributed by atoms with Gasteiger partial charge in [0.15, 0.2) is 5.69 Å². The fourth-order valence-corrected chi connectivity index (χ4v) is 2.69. The molecule has 0 aliphatic carbocycles. The maximum absolute atomic E-state index is 12.3. The van der Waals surface area contributed by atoms with E-state index >= 15 is 0 Å². The lowest BCUT2D eigenvalue weighted by atomic mass is 10.3. The van der Waals surface area contributed by atoms with Crippen LogP contribution < -0.4 is 0 Å². The standard InChI is InChI=1S/C10H4Br2F3N3O/c11-5-2-1-3-6(12)8(5)18-4-7(16-17-18)9(19)10(13,14)15/h1-4H. The molecule has 0 aliphatic heterocycles. The molecule has 0 atom stereocenters. The van der Waals surface area contributed by atoms with Crippen LogP contribution in [0.1, 0.15) is 10.5 Å². The molecule has 0 bridgehead atoms. The first kappa shape index (κ1) is 14.2. The van der Waals surface area contributed by atoms with Crippen LogP contribution in [0.15, 0.2) is 33.3 Å². The van der Waals surface area contributed by atoms with Crippen molar-refractivity contribution in [2.45, 2.75) is 6.18 Å². The van der Waals surface area contributed by atoms with E-state index in [0.29, 0.717) is 14.6 Å². The molecular formula is C10H4Br2F3N3O. The Morgan fingerprint density at radius 3 is 2.32 bits per heavy atom. The molecule has 1 heterocycles. The van der Waals surface area contributed by atoms with Crippen LogP contribution in [-0.2, 0) is 0 Å². The highest BCUT2D eigenvalue weighted by atomic mass is 79.9. The Balaban J connectivity index is 2.45. The third-order valence-electron chi connectivity index (χ3n) is 2.15. The second-order valence-electron chi connectivity index (χ2n) is 3.45. The molecule has 19 heavy (non-hydrogen) atoms. The van der Waals surface area contributed by atoms with Crippen LogP contribution in [0.4, 0.5) is 13.2 Å². The molecule has 0 amide bonds. The minimum Gasteiger partial charge on any atom is -0.282 e. The summed E-state index contributed by atoms with van der Waals surface area (Å²) in [5.74, 6) is -2.03. The predicted octanol–water partition coefficient (Wildman–Crippen LogP) is 3.54. The summed E-state index contributed by atoms with van der Waals surface area (Å²) in [6.45, 7) is 0. The van der Waals surface area contributed by atoms with E-state index in [1.165, 1.54) is 0 Å². The summed E-state index contributed by atoms with van der Waals surface area (Å²) in [5, 5.41) is 6.77. The van der Waals surface area contributed by atoms with Crippen LogP contribution in [0.5, 0.6) is 0 Å². The zero-order valence-corrected chi connectivity index (χ0v) is 12.1. The summed E-state index contributed by atoms with van der Waals surface area (Å²) in [6, 6.07) is 5.11. The fourth-order valence-electron chi connectivity index (χ4n) is 1.33. The Kier molecular flexibility index (Phi) is 3.77. The van der Waals surface area contributed by atoms with Crippen molar-refractivity contribution < 1.29 is 18.0 Å². The largest absolute Gasteiger partial charge is 0.456 e. The van der Waals surface area contributed by atoms with Crippen molar-refractivity contribution in [3.8, 4) is 5.69 Å². The molecule has 0 aliphatic rings. The Bertz CT molecular complexity index is 619. The highest BCUT2D eigenvalue weighted by molar-refractivity contribution is 9.11. The third-order valence-corrected chi connectivity index (χ3v) is 3.43. The zero-order chi connectivity index (χ0) is 14.2. The quantitative estimate of drug-likeness (QED) is 0.727. The highest BCUT2D eigenvalue weighted by Gasteiger charge is 2.41. The zero-order valence-electron chi connectivity index (χ0n) is 8.95. The van der Waals surface area contributed by atoms with Crippen molar-refractivity contribution in [1.29, 1.82) is 0 Å². The van der Waals surface area contributed by atoms with E-state index in [4.69, 9.17) is 0 Å². The van der Waals surface area contributed by atoms with Gasteiger partial charge in [-0.25, -0.2) is 4.68 Å². The molecule has 4 nitrogen and oxygen atoms in total. The molecule has 0 radical (unpaired) electrons. The maximum Gasteiger partial charge on any atom is 0.456 e. The van der Waals surface area contributed by atoms with Crippen LogP contribution in [0.3, 0.4) is 0 Å². The van der Waals surface area contributed by atoms with Crippen molar-refractivity contribution in [1.82, 2.24) is 15.0 Å². The summed E-state index contributed by atoms with van der Waals surface area (Å²) >= 11 is 6.49. The molecule has 0 spiro atoms. The van der Waals surface area contributed by atoms with Gasteiger partial charge in [-0.3, -0.25) is 4.79 Å². The van der Waals surface area contributed by atoms with E-state index in [0.717, 1.165) is 10.9 Å². The Hall–Kier alpha value is -1.22. The number of aromatic nitrogens is 3. The van der Waals surface area contributed by atoms with Crippen LogP contribution in [0.25, 0.3) is 5.69 Å². The topological polar surface area (TPSA) is 47.8 Å². The number of rotatable bonds is 2. The number of Topliss-reactive ketones (excluding diaryl/α,β-unsaturated/α-hetero) is 1. The van der Waals surface area contributed by atoms with E-state index in [1.54, 1.807) is 18.2 Å². The summed E-state index contributed by atoms with van der Waals surface area (Å²) in [4.78, 5) is 11.0. The average Bonchev–Trinajstić information content (AvgIpc) is 2.75. The van der Waals surface area contributed by atoms with Crippen molar-refractivity contribution in [3.63, 3.8) is 0 Å². The normalized spacial score (nSPS) is 11.6. The van der Waals surface area contributed by atoms with Crippen LogP contribution in [-0.4, -0.2) is 27.0 Å². The average molecular weight is 399 g/mol. The van der Waals surface area contributed by atoms with Gasteiger partial charge in [-0.05, 0) is 44.0 Å². The molecule has 1 aromatic carbocycles. The Morgan fingerprint density at radius 1 is 1.21 bits per heavy atom. The Labute approximate surface area is 121 Å². The number of alkyl halides is 3. The van der Waals surface area contributed by atoms with Gasteiger partial charge in [-0.15, -0.1) is 5.10 Å². The third kappa shape index (κ3) is 2.86. The summed E-state index contributed by atoms with van der Waals surface area (Å²) in [7, 11) is 0. The van der Waals surface area contributed by atoms with Gasteiger partial charge in [0.25, 0.3) is 5.78 Å². The molecule has 0 N–H and O–H groups in total. The number of hydrogen-bond donors (Lipinski definition) is 0. The van der Waals surface area contributed by atoms with Gasteiger partial charge in [-0.2, -0.15) is 13.2 Å². The number of nitrogens with zero attached hydrogens (tertiary/aromatic N) is 3. The number of carbonyl (C=O) groups is 1. The SMILES string of the molecule is O=C(c1cn(-c2c(Br)cccc2Br)nn1)C(F)(F)F. The fraction of sp³-hybridized carbons (Fsp3) is 0.100. The molecule has 0 saturated carbocycles. The van der Waals surface area contributed by atoms with Crippen LogP contribution in [0.2, 0.25) is 0 Å². The predicted molar refractivity (Wildman–Crippen MR) is 67.1 cm³/mol. The second kappa shape index (κ2) is 5.04. The van der Waals surface area contributed by atoms with Gasteiger partial charge in [0.2, 0.25) is 0 Å². The van der Waals surface area contributed by atoms with Gasteiger partial charge >= 0.3 is 6.18 Å². The molecule has 100 valence electrons. The highest BCUT2D eigenvalue weighted by Crippen LogP contribution is 2.29. The molecule has 0 saturated heterocycles. The molecule has 2 aromatic rings. The Morgan fingerprint density at radius 2 is 1.79 bits per heavy atom. The van der Waals surface area contributed by atoms with Crippen molar-refractivity contribution in [3.05, 3.63) is 39.0 Å². The number of carbonyl (C=O) groups excluding carboxylic acids is 1. The second-order valence-corrected chi connectivity index (χ2v) is 5.15. The monoisotopic (exact) mass is 397 g/mol. The number of ketones is 1. The summed E-state index contributed by atoms with van der Waals surface area (Å²) in [6.07, 6.45) is -4.04. The lowest BCUT2D eigenvalue weighted by Gasteiger charge is -2.05. The van der Waals surface area contributed by atoms with Gasteiger partial charge in [0.1, 0.15) is 0 Å². The van der Waals surface area contributed by atoms with Crippen LogP contribution >= 0.6 is 31.9 Å². The lowest BCUT2D eigenvalue weighted by molar-refractivity contribution is -0.0888. The molecule has 0 fully saturated rings. The first-order chi connectivity index (χ1) is 8.80. The first-order valence-electron chi connectivity index (χ1n) is 4.79. The lowest BCUT2D eigenvalue weighted by Crippen LogP contribution is -2.23. The molecule has 0 unspecified atom stereocenters. The van der Waals surface area contributed by atoms with Crippen molar-refractivity contribution >= 4 is 37.6 Å². The van der Waals surface area contributed by atoms with Crippen molar-refractivity contribution in [2.24, 2.45) is 0 Å². The summed E-state index contributed by atoms with van der Waals surface area (Å²) < 4.78 is 39.1. The minimum absolute atomic E-state index is 0.455. The number of hydrogen-bond acceptors (Lipinski definition) is 3. The molecule has 1 aromatic heterocycles. The van der Waals surface area contributed by atoms with E-state index < -0.39 is 17.7 Å². The molecular weight excluding hydrogens is 395 g/mol. The first-order valence-corrected chi connectivity index (χ1v) is 6.37. The van der Waals surface area contributed by atoms with E-state index in [1.807, 2.05) is 0 Å². The maximum atomic E-state index is 12.3. The van der Waals surface area contributed by atoms with Crippen molar-refractivity contribution in [2.75, 3.05) is 0 Å². The minimum atomic E-state index is -4.97. The van der Waals surface area contributed by atoms with Gasteiger partial charge in [-0.1, -0.05) is 11.3 Å². The van der Waals surface area contributed by atoms with E-state index in [9.17, 15) is 18.0 Å². The van der Waals surface area contributed by atoms with E-state index in [2.05, 4.69) is 42.2 Å². The van der Waals surface area contributed by atoms with Gasteiger partial charge < -0.3 is 0 Å². The van der Waals surface area contributed by atoms with E-state index in [-0.39, 0.29) is 0 Å². The molecule has 2 rings (SSSR count). The van der Waals surface area contributed by atoms with Gasteiger partial charge in [0.05, 0.1) is 11.9 Å². The number of benzene rings is 1. The van der Waals surface area contributed by atoms with Gasteiger partial charge in [0, 0.05) is 8.95 Å². The molecule has 9 heteroatoms. The van der Waals surface area contributed by atoms with Crippen LogP contribution in [0, 0.1) is 0 Å². The summed E-state index contributed by atoms with van der Waals surface area (Å²) in [5.41, 5.74) is -0.300. The number of halogens is 5. The smallest absolute Gasteiger partial charge is 0.282 e.